The molecular weight excluding hydrogens is 182 g/mol. The average molecular weight is 199 g/mol. The molecule has 0 fully saturated rings. The molecule has 2 rings (SSSR count). The van der Waals surface area contributed by atoms with Crippen molar-refractivity contribution in [2.24, 2.45) is 5.73 Å². The fraction of sp³-hybridized carbons (Fsp3) is 0.286. The maximum absolute atomic E-state index is 6.06. The number of hydrogen-bond acceptors (Lipinski definition) is 1. The van der Waals surface area contributed by atoms with E-state index < -0.39 is 0 Å². The molecule has 0 saturated heterocycles. The monoisotopic (exact) mass is 199 g/mol. The molecule has 2 N–H and O–H groups in total. The molecule has 0 spiro atoms. The van der Waals surface area contributed by atoms with Gasteiger partial charge in [0.15, 0.2) is 0 Å². The SMILES string of the molecule is CC(C)(N)Cc1cccc2ccccc12. The van der Waals surface area contributed by atoms with Crippen LogP contribution in [0.5, 0.6) is 0 Å². The highest BCUT2D eigenvalue weighted by molar-refractivity contribution is 5.85. The highest BCUT2D eigenvalue weighted by atomic mass is 14.7. The second-order valence-corrected chi connectivity index (χ2v) is 4.80. The van der Waals surface area contributed by atoms with E-state index in [1.807, 2.05) is 0 Å². The maximum atomic E-state index is 6.06. The third-order valence-electron chi connectivity index (χ3n) is 2.53. The molecule has 1 heteroatoms. The third kappa shape index (κ3) is 2.37. The van der Waals surface area contributed by atoms with Crippen molar-refractivity contribution in [3.63, 3.8) is 0 Å². The van der Waals surface area contributed by atoms with Crippen molar-refractivity contribution >= 4 is 10.8 Å². The molecule has 2 aromatic carbocycles. The van der Waals surface area contributed by atoms with Crippen molar-refractivity contribution in [3.8, 4) is 0 Å². The van der Waals surface area contributed by atoms with E-state index >= 15 is 0 Å². The lowest BCUT2D eigenvalue weighted by atomic mass is 9.92. The zero-order valence-electron chi connectivity index (χ0n) is 9.33. The summed E-state index contributed by atoms with van der Waals surface area (Å²) in [5.74, 6) is 0. The number of benzene rings is 2. The first-order valence-corrected chi connectivity index (χ1v) is 5.32. The second kappa shape index (κ2) is 3.67. The van der Waals surface area contributed by atoms with Crippen LogP contribution in [0.3, 0.4) is 0 Å². The van der Waals surface area contributed by atoms with Gasteiger partial charge in [-0.1, -0.05) is 42.5 Å². The Labute approximate surface area is 90.9 Å². The number of rotatable bonds is 2. The zero-order valence-corrected chi connectivity index (χ0v) is 9.33. The first-order chi connectivity index (χ1) is 7.06. The topological polar surface area (TPSA) is 26.0 Å². The Bertz CT molecular complexity index is 461. The molecule has 78 valence electrons. The highest BCUT2D eigenvalue weighted by Gasteiger charge is 2.12. The van der Waals surface area contributed by atoms with Gasteiger partial charge in [-0.15, -0.1) is 0 Å². The lowest BCUT2D eigenvalue weighted by Crippen LogP contribution is -2.34. The molecule has 0 bridgehead atoms. The smallest absolute Gasteiger partial charge is 0.0138 e. The Balaban J connectivity index is 2.52. The molecule has 0 saturated carbocycles. The van der Waals surface area contributed by atoms with Gasteiger partial charge in [-0.05, 0) is 36.6 Å². The van der Waals surface area contributed by atoms with Crippen LogP contribution in [0.2, 0.25) is 0 Å². The van der Waals surface area contributed by atoms with Gasteiger partial charge in [-0.25, -0.2) is 0 Å². The summed E-state index contributed by atoms with van der Waals surface area (Å²) >= 11 is 0. The Morgan fingerprint density at radius 1 is 1.00 bits per heavy atom. The molecule has 0 aliphatic rings. The fourth-order valence-corrected chi connectivity index (χ4v) is 1.94. The van der Waals surface area contributed by atoms with Gasteiger partial charge < -0.3 is 5.73 Å². The summed E-state index contributed by atoms with van der Waals surface area (Å²) in [5, 5.41) is 2.61. The Kier molecular flexibility index (Phi) is 2.49. The summed E-state index contributed by atoms with van der Waals surface area (Å²) in [6.07, 6.45) is 0.911. The van der Waals surface area contributed by atoms with Crippen LogP contribution < -0.4 is 5.73 Å². The molecular formula is C14H17N. The van der Waals surface area contributed by atoms with Gasteiger partial charge in [0.25, 0.3) is 0 Å². The number of fused-ring (bicyclic) bond motifs is 1. The van der Waals surface area contributed by atoms with E-state index in [1.165, 1.54) is 16.3 Å². The van der Waals surface area contributed by atoms with Gasteiger partial charge >= 0.3 is 0 Å². The van der Waals surface area contributed by atoms with Crippen molar-refractivity contribution in [3.05, 3.63) is 48.0 Å². The Hall–Kier alpha value is -1.34. The van der Waals surface area contributed by atoms with E-state index in [2.05, 4.69) is 56.3 Å². The zero-order chi connectivity index (χ0) is 10.9. The van der Waals surface area contributed by atoms with Gasteiger partial charge in [-0.2, -0.15) is 0 Å². The van der Waals surface area contributed by atoms with E-state index in [0.29, 0.717) is 0 Å². The molecule has 0 amide bonds. The van der Waals surface area contributed by atoms with Crippen LogP contribution in [-0.2, 0) is 6.42 Å². The van der Waals surface area contributed by atoms with Crippen LogP contribution in [0.25, 0.3) is 10.8 Å². The van der Waals surface area contributed by atoms with Crippen LogP contribution in [0.4, 0.5) is 0 Å². The highest BCUT2D eigenvalue weighted by Crippen LogP contribution is 2.21. The molecule has 0 heterocycles. The normalized spacial score (nSPS) is 11.9. The van der Waals surface area contributed by atoms with Crippen LogP contribution in [0.1, 0.15) is 19.4 Å². The number of nitrogens with two attached hydrogens (primary N) is 1. The first-order valence-electron chi connectivity index (χ1n) is 5.32. The van der Waals surface area contributed by atoms with E-state index in [-0.39, 0.29) is 5.54 Å². The first kappa shape index (κ1) is 10.2. The minimum Gasteiger partial charge on any atom is -0.325 e. The summed E-state index contributed by atoms with van der Waals surface area (Å²) in [6.45, 7) is 4.13. The van der Waals surface area contributed by atoms with E-state index in [4.69, 9.17) is 5.73 Å². The van der Waals surface area contributed by atoms with Gasteiger partial charge in [0.05, 0.1) is 0 Å². The van der Waals surface area contributed by atoms with E-state index in [1.54, 1.807) is 0 Å². The molecule has 0 aliphatic carbocycles. The average Bonchev–Trinajstić information content (AvgIpc) is 2.16. The minimum absolute atomic E-state index is 0.149. The molecule has 0 unspecified atom stereocenters. The summed E-state index contributed by atoms with van der Waals surface area (Å²) in [5.41, 5.74) is 7.24. The summed E-state index contributed by atoms with van der Waals surface area (Å²) in [7, 11) is 0. The van der Waals surface area contributed by atoms with Crippen molar-refractivity contribution < 1.29 is 0 Å². The molecule has 0 aliphatic heterocycles. The maximum Gasteiger partial charge on any atom is 0.0138 e. The van der Waals surface area contributed by atoms with Crippen molar-refractivity contribution in [1.29, 1.82) is 0 Å². The molecule has 15 heavy (non-hydrogen) atoms. The van der Waals surface area contributed by atoms with Crippen molar-refractivity contribution in [1.82, 2.24) is 0 Å². The predicted octanol–water partition coefficient (Wildman–Crippen LogP) is 3.12. The molecule has 0 radical (unpaired) electrons. The van der Waals surface area contributed by atoms with Crippen molar-refractivity contribution in [2.45, 2.75) is 25.8 Å². The summed E-state index contributed by atoms with van der Waals surface area (Å²) in [6, 6.07) is 14.9. The van der Waals surface area contributed by atoms with Crippen molar-refractivity contribution in [2.75, 3.05) is 0 Å². The lowest BCUT2D eigenvalue weighted by molar-refractivity contribution is 0.518. The molecule has 1 nitrogen and oxygen atoms in total. The minimum atomic E-state index is -0.149. The van der Waals surface area contributed by atoms with Gasteiger partial charge in [-0.3, -0.25) is 0 Å². The number of hydrogen-bond donors (Lipinski definition) is 1. The third-order valence-corrected chi connectivity index (χ3v) is 2.53. The Morgan fingerprint density at radius 3 is 2.40 bits per heavy atom. The largest absolute Gasteiger partial charge is 0.325 e. The van der Waals surface area contributed by atoms with E-state index in [9.17, 15) is 0 Å². The summed E-state index contributed by atoms with van der Waals surface area (Å²) < 4.78 is 0. The predicted molar refractivity (Wildman–Crippen MR) is 65.9 cm³/mol. The molecule has 0 aromatic heterocycles. The second-order valence-electron chi connectivity index (χ2n) is 4.80. The van der Waals surface area contributed by atoms with Gasteiger partial charge in [0.1, 0.15) is 0 Å². The molecule has 0 atom stereocenters. The lowest BCUT2D eigenvalue weighted by Gasteiger charge is -2.19. The van der Waals surface area contributed by atoms with Crippen LogP contribution in [-0.4, -0.2) is 5.54 Å². The quantitative estimate of drug-likeness (QED) is 0.790. The van der Waals surface area contributed by atoms with Gasteiger partial charge in [0.2, 0.25) is 0 Å². The van der Waals surface area contributed by atoms with Crippen LogP contribution in [0.15, 0.2) is 42.5 Å². The fourth-order valence-electron chi connectivity index (χ4n) is 1.94. The van der Waals surface area contributed by atoms with Crippen LogP contribution >= 0.6 is 0 Å². The van der Waals surface area contributed by atoms with E-state index in [0.717, 1.165) is 6.42 Å². The Morgan fingerprint density at radius 2 is 1.67 bits per heavy atom. The standard InChI is InChI=1S/C14H17N/c1-14(2,15)10-12-8-5-7-11-6-3-4-9-13(11)12/h3-9H,10,15H2,1-2H3. The molecule has 2 aromatic rings. The van der Waals surface area contributed by atoms with Crippen LogP contribution in [0, 0.1) is 0 Å². The van der Waals surface area contributed by atoms with Gasteiger partial charge in [0, 0.05) is 5.54 Å². The summed E-state index contributed by atoms with van der Waals surface area (Å²) in [4.78, 5) is 0.